The molecule has 2 unspecified atom stereocenters. The lowest BCUT2D eigenvalue weighted by Crippen LogP contribution is -2.29. The lowest BCUT2D eigenvalue weighted by Gasteiger charge is -2.19. The summed E-state index contributed by atoms with van der Waals surface area (Å²) in [7, 11) is 0. The summed E-state index contributed by atoms with van der Waals surface area (Å²) in [5.41, 5.74) is 0.337. The highest BCUT2D eigenvalue weighted by Crippen LogP contribution is 2.30. The Morgan fingerprint density at radius 3 is 2.56 bits per heavy atom. The zero-order valence-corrected chi connectivity index (χ0v) is 14.3. The first-order valence-corrected chi connectivity index (χ1v) is 8.16. The van der Waals surface area contributed by atoms with Crippen molar-refractivity contribution < 1.29 is 29.8 Å². The smallest absolute Gasteiger partial charge is 0.407 e. The lowest BCUT2D eigenvalue weighted by molar-refractivity contribution is -0.385. The van der Waals surface area contributed by atoms with Crippen LogP contribution in [0.5, 0.6) is 5.75 Å². The van der Waals surface area contributed by atoms with E-state index in [1.165, 1.54) is 0 Å². The molecule has 27 heavy (non-hydrogen) atoms. The minimum atomic E-state index is -1.55. The number of non-ortho nitro benzene ring substituents is 1. The van der Waals surface area contributed by atoms with E-state index in [0.717, 1.165) is 23.8 Å². The Bertz CT molecular complexity index is 783. The fraction of sp³-hybridized carbons (Fsp3) is 0.278. The second-order valence-electron chi connectivity index (χ2n) is 5.79. The van der Waals surface area contributed by atoms with Gasteiger partial charge in [0.2, 0.25) is 0 Å². The van der Waals surface area contributed by atoms with Gasteiger partial charge in [0.15, 0.2) is 0 Å². The molecule has 9 nitrogen and oxygen atoms in total. The van der Waals surface area contributed by atoms with Crippen LogP contribution in [0.25, 0.3) is 0 Å². The van der Waals surface area contributed by atoms with Crippen LogP contribution in [0.15, 0.2) is 48.5 Å². The van der Waals surface area contributed by atoms with Crippen molar-refractivity contribution >= 4 is 11.8 Å². The minimum absolute atomic E-state index is 0.00153. The Kier molecular flexibility index (Phi) is 7.09. The van der Waals surface area contributed by atoms with E-state index in [9.17, 15) is 30.2 Å². The average Bonchev–Trinajstić information content (AvgIpc) is 2.66. The maximum absolute atomic E-state index is 11.6. The highest BCUT2D eigenvalue weighted by atomic mass is 16.6. The number of aromatic hydroxyl groups is 1. The predicted octanol–water partition coefficient (Wildman–Crippen LogP) is 2.01. The number of phenolic OH excluding ortho intramolecular Hbond substituents is 1. The van der Waals surface area contributed by atoms with Crippen molar-refractivity contribution in [2.24, 2.45) is 0 Å². The molecule has 0 bridgehead atoms. The van der Waals surface area contributed by atoms with Crippen LogP contribution in [0.2, 0.25) is 0 Å². The van der Waals surface area contributed by atoms with Gasteiger partial charge < -0.3 is 25.4 Å². The molecule has 0 aromatic heterocycles. The van der Waals surface area contributed by atoms with Crippen molar-refractivity contribution in [3.05, 3.63) is 69.8 Å². The number of rotatable bonds is 8. The third kappa shape index (κ3) is 5.94. The maximum Gasteiger partial charge on any atom is 0.407 e. The molecule has 2 aromatic rings. The van der Waals surface area contributed by atoms with Gasteiger partial charge in [-0.2, -0.15) is 0 Å². The van der Waals surface area contributed by atoms with Gasteiger partial charge in [-0.3, -0.25) is 10.1 Å². The Morgan fingerprint density at radius 1 is 1.19 bits per heavy atom. The number of amides is 1. The number of nitro benzene ring substituents is 1. The zero-order valence-electron chi connectivity index (χ0n) is 14.3. The number of carbonyl (C=O) groups excluding carboxylic acids is 1. The molecule has 2 atom stereocenters. The topological polar surface area (TPSA) is 142 Å². The van der Waals surface area contributed by atoms with Crippen LogP contribution in [-0.4, -0.2) is 39.0 Å². The number of benzene rings is 2. The van der Waals surface area contributed by atoms with E-state index in [2.05, 4.69) is 5.32 Å². The van der Waals surface area contributed by atoms with E-state index in [1.54, 1.807) is 12.1 Å². The van der Waals surface area contributed by atoms with Crippen LogP contribution in [0.4, 0.5) is 10.5 Å². The predicted molar refractivity (Wildman–Crippen MR) is 95.0 cm³/mol. The van der Waals surface area contributed by atoms with E-state index in [4.69, 9.17) is 4.74 Å². The number of carbonyl (C=O) groups is 1. The largest absolute Gasteiger partial charge is 0.508 e. The molecule has 4 N–H and O–H groups in total. The number of nitro groups is 1. The normalized spacial score (nSPS) is 12.8. The van der Waals surface area contributed by atoms with E-state index in [1.807, 2.05) is 18.2 Å². The number of nitrogens with zero attached hydrogens (tertiary/aromatic N) is 1. The first-order valence-electron chi connectivity index (χ1n) is 8.16. The van der Waals surface area contributed by atoms with Crippen LogP contribution >= 0.6 is 0 Å². The van der Waals surface area contributed by atoms with Crippen LogP contribution in [-0.2, 0) is 11.3 Å². The van der Waals surface area contributed by atoms with Gasteiger partial charge in [0, 0.05) is 24.2 Å². The van der Waals surface area contributed by atoms with Gasteiger partial charge in [-0.15, -0.1) is 0 Å². The van der Waals surface area contributed by atoms with Gasteiger partial charge in [-0.1, -0.05) is 30.3 Å². The monoisotopic (exact) mass is 376 g/mol. The molecule has 2 aromatic carbocycles. The standard InChI is InChI=1S/C18H20N2O7/c21-15-7-6-13(20(25)26)10-14(15)17(23)16(22)8-9-19-18(24)27-11-12-4-2-1-3-5-12/h1-7,10,16-17,21-23H,8-9,11H2,(H,19,24). The molecule has 144 valence electrons. The Hall–Kier alpha value is -3.17. The van der Waals surface area contributed by atoms with Gasteiger partial charge in [0.25, 0.3) is 5.69 Å². The fourth-order valence-electron chi connectivity index (χ4n) is 2.35. The second-order valence-corrected chi connectivity index (χ2v) is 5.79. The molecule has 0 aliphatic carbocycles. The van der Waals surface area contributed by atoms with Crippen LogP contribution in [0.1, 0.15) is 23.7 Å². The summed E-state index contributed by atoms with van der Waals surface area (Å²) in [5, 5.41) is 43.1. The first-order chi connectivity index (χ1) is 12.9. The number of ether oxygens (including phenoxy) is 1. The highest BCUT2D eigenvalue weighted by Gasteiger charge is 2.23. The minimum Gasteiger partial charge on any atom is -0.508 e. The zero-order chi connectivity index (χ0) is 19.8. The van der Waals surface area contributed by atoms with Gasteiger partial charge in [-0.25, -0.2) is 4.79 Å². The van der Waals surface area contributed by atoms with Gasteiger partial charge >= 0.3 is 6.09 Å². The summed E-state index contributed by atoms with van der Waals surface area (Å²) >= 11 is 0. The van der Waals surface area contributed by atoms with Crippen molar-refractivity contribution in [3.63, 3.8) is 0 Å². The summed E-state index contributed by atoms with van der Waals surface area (Å²) in [6.07, 6.45) is -3.64. The molecule has 0 aliphatic rings. The van der Waals surface area contributed by atoms with Gasteiger partial charge in [0.05, 0.1) is 11.0 Å². The summed E-state index contributed by atoms with van der Waals surface area (Å²) in [6, 6.07) is 12.2. The summed E-state index contributed by atoms with van der Waals surface area (Å²) < 4.78 is 5.01. The van der Waals surface area contributed by atoms with E-state index >= 15 is 0 Å². The number of aliphatic hydroxyl groups is 2. The number of hydrogen-bond donors (Lipinski definition) is 4. The Balaban J connectivity index is 1.81. The molecule has 0 radical (unpaired) electrons. The molecular weight excluding hydrogens is 356 g/mol. The Morgan fingerprint density at radius 2 is 1.89 bits per heavy atom. The molecule has 9 heteroatoms. The molecule has 1 amide bonds. The quantitative estimate of drug-likeness (QED) is 0.408. The molecule has 0 aliphatic heterocycles. The number of hydrogen-bond acceptors (Lipinski definition) is 7. The second kappa shape index (κ2) is 9.51. The average molecular weight is 376 g/mol. The molecule has 0 fully saturated rings. The van der Waals surface area contributed by atoms with Crippen molar-refractivity contribution in [2.75, 3.05) is 6.54 Å². The van der Waals surface area contributed by atoms with Crippen molar-refractivity contribution in [1.82, 2.24) is 5.32 Å². The highest BCUT2D eigenvalue weighted by molar-refractivity contribution is 5.67. The first kappa shape index (κ1) is 20.1. The fourth-order valence-corrected chi connectivity index (χ4v) is 2.35. The number of nitrogens with one attached hydrogen (secondary N) is 1. The number of aliphatic hydroxyl groups excluding tert-OH is 2. The van der Waals surface area contributed by atoms with E-state index in [0.29, 0.717) is 0 Å². The molecule has 0 saturated heterocycles. The third-order valence-corrected chi connectivity index (χ3v) is 3.83. The number of alkyl carbamates (subject to hydrolysis) is 1. The van der Waals surface area contributed by atoms with E-state index < -0.39 is 23.2 Å². The van der Waals surface area contributed by atoms with Crippen LogP contribution in [0.3, 0.4) is 0 Å². The third-order valence-electron chi connectivity index (χ3n) is 3.83. The van der Waals surface area contributed by atoms with Crippen molar-refractivity contribution in [2.45, 2.75) is 25.2 Å². The molecule has 0 saturated carbocycles. The molecule has 0 spiro atoms. The number of phenols is 1. The summed E-state index contributed by atoms with van der Waals surface area (Å²) in [6.45, 7) is 0.0982. The van der Waals surface area contributed by atoms with E-state index in [-0.39, 0.29) is 36.6 Å². The van der Waals surface area contributed by atoms with Gasteiger partial charge in [0.1, 0.15) is 18.5 Å². The van der Waals surface area contributed by atoms with Crippen molar-refractivity contribution in [1.29, 1.82) is 0 Å². The van der Waals surface area contributed by atoms with Crippen molar-refractivity contribution in [3.8, 4) is 5.75 Å². The Labute approximate surface area is 155 Å². The van der Waals surface area contributed by atoms with Crippen LogP contribution in [0, 0.1) is 10.1 Å². The maximum atomic E-state index is 11.6. The van der Waals surface area contributed by atoms with Gasteiger partial charge in [-0.05, 0) is 18.1 Å². The lowest BCUT2D eigenvalue weighted by atomic mass is 10.0. The molecule has 2 rings (SSSR count). The molecule has 0 heterocycles. The summed E-state index contributed by atoms with van der Waals surface area (Å²) in [5.74, 6) is -0.373. The SMILES string of the molecule is O=C(NCCC(O)C(O)c1cc([N+](=O)[O-])ccc1O)OCc1ccccc1. The molecular formula is C18H20N2O7. The van der Waals surface area contributed by atoms with Crippen LogP contribution < -0.4 is 5.32 Å². The summed E-state index contributed by atoms with van der Waals surface area (Å²) in [4.78, 5) is 21.7.